The van der Waals surface area contributed by atoms with Gasteiger partial charge in [-0.05, 0) is 32.9 Å². The molecule has 11 nitrogen and oxygen atoms in total. The minimum absolute atomic E-state index is 0.0634. The number of nitrogens with one attached hydrogen (secondary N) is 2. The SMILES string of the molecule is Cc1ncc(NC(=O)CN2CC(C)OC(C)C2)cc1NC(=O)c1cnn2cc(-c3cnc(N)c(F)c3)sc12. The lowest BCUT2D eigenvalue weighted by Gasteiger charge is -2.34. The van der Waals surface area contributed by atoms with Gasteiger partial charge in [-0.3, -0.25) is 19.5 Å². The molecule has 4 N–H and O–H groups in total. The van der Waals surface area contributed by atoms with Crippen LogP contribution >= 0.6 is 11.3 Å². The van der Waals surface area contributed by atoms with Crippen LogP contribution in [0.2, 0.25) is 0 Å². The van der Waals surface area contributed by atoms with Gasteiger partial charge in [-0.1, -0.05) is 0 Å². The first-order valence-corrected chi connectivity index (χ1v) is 12.8. The summed E-state index contributed by atoms with van der Waals surface area (Å²) in [7, 11) is 0. The van der Waals surface area contributed by atoms with E-state index in [0.29, 0.717) is 51.0 Å². The Hall–Kier alpha value is -3.94. The van der Waals surface area contributed by atoms with E-state index >= 15 is 0 Å². The van der Waals surface area contributed by atoms with Crippen LogP contribution in [0.5, 0.6) is 0 Å². The number of morpholine rings is 1. The lowest BCUT2D eigenvalue weighted by Crippen LogP contribution is -2.48. The number of nitrogen functional groups attached to an aromatic ring is 1. The van der Waals surface area contributed by atoms with Gasteiger partial charge in [0.2, 0.25) is 5.91 Å². The Morgan fingerprint density at radius 2 is 1.92 bits per heavy atom. The minimum Gasteiger partial charge on any atom is -0.381 e. The number of thiazole rings is 1. The molecule has 0 radical (unpaired) electrons. The largest absolute Gasteiger partial charge is 0.381 e. The predicted octanol–water partition coefficient (Wildman–Crippen LogP) is 3.18. The third-order valence-corrected chi connectivity index (χ3v) is 7.24. The molecule has 0 spiro atoms. The van der Waals surface area contributed by atoms with Crippen LogP contribution in [0.25, 0.3) is 15.3 Å². The van der Waals surface area contributed by atoms with Gasteiger partial charge in [-0.25, -0.2) is 13.9 Å². The number of carbonyl (C=O) groups excluding carboxylic acids is 2. The van der Waals surface area contributed by atoms with Gasteiger partial charge < -0.3 is 21.1 Å². The zero-order chi connectivity index (χ0) is 27.0. The quantitative estimate of drug-likeness (QED) is 0.340. The number of hydrogen-bond donors (Lipinski definition) is 3. The normalized spacial score (nSPS) is 18.0. The van der Waals surface area contributed by atoms with E-state index in [1.165, 1.54) is 29.8 Å². The highest BCUT2D eigenvalue weighted by molar-refractivity contribution is 7.21. The summed E-state index contributed by atoms with van der Waals surface area (Å²) in [5, 5.41) is 9.97. The number of carbonyl (C=O) groups is 2. The molecule has 0 saturated carbocycles. The molecule has 2 atom stereocenters. The first-order chi connectivity index (χ1) is 18.2. The summed E-state index contributed by atoms with van der Waals surface area (Å²) >= 11 is 1.28. The van der Waals surface area contributed by atoms with Gasteiger partial charge in [0.15, 0.2) is 11.6 Å². The number of nitrogens with zero attached hydrogens (tertiary/aromatic N) is 5. The highest BCUT2D eigenvalue weighted by atomic mass is 32.1. The van der Waals surface area contributed by atoms with Crippen LogP contribution in [0.15, 0.2) is 36.9 Å². The molecule has 38 heavy (non-hydrogen) atoms. The molecule has 4 aromatic heterocycles. The van der Waals surface area contributed by atoms with Crippen LogP contribution in [0.4, 0.5) is 21.6 Å². The van der Waals surface area contributed by atoms with Gasteiger partial charge in [0.05, 0.1) is 58.7 Å². The summed E-state index contributed by atoms with van der Waals surface area (Å²) < 4.78 is 21.2. The molecule has 2 amide bonds. The van der Waals surface area contributed by atoms with Gasteiger partial charge >= 0.3 is 0 Å². The number of aromatic nitrogens is 4. The first-order valence-electron chi connectivity index (χ1n) is 12.0. The summed E-state index contributed by atoms with van der Waals surface area (Å²) in [6, 6.07) is 2.97. The number of amides is 2. The van der Waals surface area contributed by atoms with E-state index in [1.807, 2.05) is 18.7 Å². The summed E-state index contributed by atoms with van der Waals surface area (Å²) in [4.78, 5) is 37.3. The van der Waals surface area contributed by atoms with Gasteiger partial charge in [0.1, 0.15) is 4.83 Å². The lowest BCUT2D eigenvalue weighted by atomic mass is 10.2. The average molecular weight is 539 g/mol. The molecule has 4 aromatic rings. The fourth-order valence-corrected chi connectivity index (χ4v) is 5.43. The number of halogens is 1. The van der Waals surface area contributed by atoms with Crippen molar-refractivity contribution in [3.63, 3.8) is 0 Å². The van der Waals surface area contributed by atoms with Crippen LogP contribution in [-0.2, 0) is 9.53 Å². The summed E-state index contributed by atoms with van der Waals surface area (Å²) in [6.07, 6.45) is 6.31. The highest BCUT2D eigenvalue weighted by Crippen LogP contribution is 2.31. The zero-order valence-corrected chi connectivity index (χ0v) is 21.9. The van der Waals surface area contributed by atoms with Crippen molar-refractivity contribution in [1.29, 1.82) is 0 Å². The number of rotatable bonds is 6. The second kappa shape index (κ2) is 10.4. The summed E-state index contributed by atoms with van der Waals surface area (Å²) in [6.45, 7) is 7.33. The molecular formula is C25H27FN8O3S. The Labute approximate surface area is 221 Å². The third-order valence-electron chi connectivity index (χ3n) is 6.08. The smallest absolute Gasteiger partial charge is 0.260 e. The molecule has 5 rings (SSSR count). The maximum absolute atomic E-state index is 13.9. The van der Waals surface area contributed by atoms with Gasteiger partial charge in [0, 0.05) is 31.0 Å². The molecule has 198 valence electrons. The average Bonchev–Trinajstić information content (AvgIpc) is 3.43. The van der Waals surface area contributed by atoms with Crippen molar-refractivity contribution in [1.82, 2.24) is 24.5 Å². The Kier molecular flexibility index (Phi) is 7.06. The van der Waals surface area contributed by atoms with Crippen molar-refractivity contribution >= 4 is 45.2 Å². The number of fused-ring (bicyclic) bond motifs is 1. The third kappa shape index (κ3) is 5.49. The van der Waals surface area contributed by atoms with Crippen LogP contribution < -0.4 is 16.4 Å². The number of ether oxygens (including phenoxy) is 1. The zero-order valence-electron chi connectivity index (χ0n) is 21.1. The van der Waals surface area contributed by atoms with Crippen LogP contribution in [0.3, 0.4) is 0 Å². The number of aryl methyl sites for hydroxylation is 1. The maximum Gasteiger partial charge on any atom is 0.260 e. The molecule has 13 heteroatoms. The Balaban J connectivity index is 1.29. The van der Waals surface area contributed by atoms with Crippen molar-refractivity contribution in [3.8, 4) is 10.4 Å². The van der Waals surface area contributed by atoms with Crippen molar-refractivity contribution in [2.75, 3.05) is 36.0 Å². The van der Waals surface area contributed by atoms with E-state index in [2.05, 4.69) is 25.7 Å². The van der Waals surface area contributed by atoms with Crippen LogP contribution in [0.1, 0.15) is 29.9 Å². The number of pyridine rings is 2. The fourth-order valence-electron chi connectivity index (χ4n) is 4.39. The van der Waals surface area contributed by atoms with Crippen LogP contribution in [-0.4, -0.2) is 68.1 Å². The Morgan fingerprint density at radius 1 is 1.16 bits per heavy atom. The van der Waals surface area contributed by atoms with E-state index in [4.69, 9.17) is 10.5 Å². The molecule has 1 aliphatic rings. The maximum atomic E-state index is 13.9. The molecule has 1 fully saturated rings. The van der Waals surface area contributed by atoms with E-state index in [-0.39, 0.29) is 36.4 Å². The second-order valence-electron chi connectivity index (χ2n) is 9.31. The summed E-state index contributed by atoms with van der Waals surface area (Å²) in [5.74, 6) is -1.36. The van der Waals surface area contributed by atoms with Gasteiger partial charge in [0.25, 0.3) is 5.91 Å². The van der Waals surface area contributed by atoms with Crippen molar-refractivity contribution < 1.29 is 18.7 Å². The molecule has 1 aliphatic heterocycles. The molecule has 2 unspecified atom stereocenters. The van der Waals surface area contributed by atoms with Crippen molar-refractivity contribution in [2.45, 2.75) is 33.0 Å². The van der Waals surface area contributed by atoms with Crippen molar-refractivity contribution in [3.05, 3.63) is 54.0 Å². The highest BCUT2D eigenvalue weighted by Gasteiger charge is 2.24. The van der Waals surface area contributed by atoms with E-state index in [9.17, 15) is 14.0 Å². The molecule has 1 saturated heterocycles. The second-order valence-corrected chi connectivity index (χ2v) is 10.3. The predicted molar refractivity (Wildman–Crippen MR) is 143 cm³/mol. The molecule has 0 bridgehead atoms. The lowest BCUT2D eigenvalue weighted by molar-refractivity contribution is -0.121. The van der Waals surface area contributed by atoms with Crippen LogP contribution in [0, 0.1) is 12.7 Å². The topological polar surface area (TPSA) is 140 Å². The number of hydrogen-bond acceptors (Lipinski definition) is 9. The minimum atomic E-state index is -0.615. The van der Waals surface area contributed by atoms with E-state index < -0.39 is 5.82 Å². The van der Waals surface area contributed by atoms with Gasteiger partial charge in [-0.2, -0.15) is 5.10 Å². The molecule has 5 heterocycles. The Morgan fingerprint density at radius 3 is 2.66 bits per heavy atom. The van der Waals surface area contributed by atoms with Gasteiger partial charge in [-0.15, -0.1) is 11.3 Å². The molecular weight excluding hydrogens is 511 g/mol. The molecule has 0 aliphatic carbocycles. The first kappa shape index (κ1) is 25.7. The monoisotopic (exact) mass is 538 g/mol. The molecule has 0 aromatic carbocycles. The fraction of sp³-hybridized carbons (Fsp3) is 0.320. The van der Waals surface area contributed by atoms with E-state index in [1.54, 1.807) is 29.9 Å². The summed E-state index contributed by atoms with van der Waals surface area (Å²) in [5.41, 5.74) is 7.87. The Bertz CT molecular complexity index is 1510. The number of nitrogens with two attached hydrogens (primary N) is 1. The van der Waals surface area contributed by atoms with Crippen molar-refractivity contribution in [2.24, 2.45) is 0 Å². The number of anilines is 3. The van der Waals surface area contributed by atoms with E-state index in [0.717, 1.165) is 0 Å². The standard InChI is InChI=1S/C25H27FN8O3S/c1-13-9-33(10-14(2)37-13)12-22(35)31-17-5-20(15(3)28-7-17)32-24(36)18-8-30-34-11-21(38-25(18)34)16-4-19(26)23(27)29-6-16/h4-8,11,13-14H,9-10,12H2,1-3H3,(H2,27,29)(H,31,35)(H,32,36).